The highest BCUT2D eigenvalue weighted by atomic mass is 35.5. The molecule has 1 unspecified atom stereocenters. The molecule has 0 spiro atoms. The summed E-state index contributed by atoms with van der Waals surface area (Å²) in [6, 6.07) is 5.78. The van der Waals surface area contributed by atoms with Crippen LogP contribution >= 0.6 is 12.4 Å². The SMILES string of the molecule is CC(C)CC(C)(CN)NC(=O)c1cccc(S(=O)(=O)NC(C)C)c1.Cl. The number of hydrogen-bond donors (Lipinski definition) is 3. The van der Waals surface area contributed by atoms with Gasteiger partial charge in [0.1, 0.15) is 0 Å². The summed E-state index contributed by atoms with van der Waals surface area (Å²) in [6.07, 6.45) is 0.738. The minimum atomic E-state index is -3.64. The normalized spacial score (nSPS) is 14.1. The third-order valence-electron chi connectivity index (χ3n) is 3.52. The van der Waals surface area contributed by atoms with E-state index < -0.39 is 15.6 Å². The molecule has 0 heterocycles. The van der Waals surface area contributed by atoms with Crippen molar-refractivity contribution in [2.75, 3.05) is 6.54 Å². The summed E-state index contributed by atoms with van der Waals surface area (Å²) in [4.78, 5) is 12.6. The Morgan fingerprint density at radius 1 is 1.24 bits per heavy atom. The molecule has 0 fully saturated rings. The Hall–Kier alpha value is -1.15. The molecule has 1 atom stereocenters. The van der Waals surface area contributed by atoms with Gasteiger partial charge in [0, 0.05) is 23.7 Å². The van der Waals surface area contributed by atoms with Crippen LogP contribution in [0.2, 0.25) is 0 Å². The van der Waals surface area contributed by atoms with Crippen molar-refractivity contribution in [3.05, 3.63) is 29.8 Å². The summed E-state index contributed by atoms with van der Waals surface area (Å²) in [5, 5.41) is 2.93. The zero-order valence-electron chi connectivity index (χ0n) is 15.5. The monoisotopic (exact) mass is 391 g/mol. The van der Waals surface area contributed by atoms with Crippen LogP contribution in [0, 0.1) is 5.92 Å². The molecule has 0 saturated carbocycles. The molecule has 144 valence electrons. The second kappa shape index (κ2) is 9.52. The average molecular weight is 392 g/mol. The van der Waals surface area contributed by atoms with Gasteiger partial charge < -0.3 is 11.1 Å². The first-order valence-corrected chi connectivity index (χ1v) is 9.62. The van der Waals surface area contributed by atoms with E-state index in [-0.39, 0.29) is 29.3 Å². The number of amides is 1. The van der Waals surface area contributed by atoms with E-state index in [1.807, 2.05) is 6.92 Å². The molecule has 25 heavy (non-hydrogen) atoms. The van der Waals surface area contributed by atoms with E-state index in [9.17, 15) is 13.2 Å². The van der Waals surface area contributed by atoms with E-state index in [0.29, 0.717) is 18.0 Å². The average Bonchev–Trinajstić information content (AvgIpc) is 2.45. The Morgan fingerprint density at radius 3 is 2.32 bits per heavy atom. The number of carbonyl (C=O) groups excluding carboxylic acids is 1. The minimum Gasteiger partial charge on any atom is -0.346 e. The Kier molecular flexibility index (Phi) is 9.08. The fourth-order valence-corrected chi connectivity index (χ4v) is 3.91. The quantitative estimate of drug-likeness (QED) is 0.632. The molecular weight excluding hydrogens is 362 g/mol. The van der Waals surface area contributed by atoms with Crippen LogP contribution in [0.5, 0.6) is 0 Å². The van der Waals surface area contributed by atoms with Crippen molar-refractivity contribution in [3.8, 4) is 0 Å². The van der Waals surface area contributed by atoms with Gasteiger partial charge in [0.15, 0.2) is 0 Å². The number of hydrogen-bond acceptors (Lipinski definition) is 4. The maximum Gasteiger partial charge on any atom is 0.251 e. The molecule has 0 aliphatic heterocycles. The van der Waals surface area contributed by atoms with Crippen molar-refractivity contribution in [2.45, 2.75) is 57.5 Å². The molecule has 4 N–H and O–H groups in total. The summed E-state index contributed by atoms with van der Waals surface area (Å²) in [6.45, 7) is 9.81. The summed E-state index contributed by atoms with van der Waals surface area (Å²) in [5.74, 6) is 0.0472. The molecule has 0 aliphatic rings. The van der Waals surface area contributed by atoms with Crippen LogP contribution in [0.1, 0.15) is 51.4 Å². The van der Waals surface area contributed by atoms with E-state index in [4.69, 9.17) is 5.73 Å². The molecule has 6 nitrogen and oxygen atoms in total. The molecule has 0 aromatic heterocycles. The predicted octanol–water partition coefficient (Wildman–Crippen LogP) is 2.29. The van der Waals surface area contributed by atoms with Crippen molar-refractivity contribution < 1.29 is 13.2 Å². The molecular formula is C17H30ClN3O3S. The van der Waals surface area contributed by atoms with E-state index in [1.54, 1.807) is 26.0 Å². The van der Waals surface area contributed by atoms with Gasteiger partial charge in [0.05, 0.1) is 4.90 Å². The molecule has 1 rings (SSSR count). The Balaban J connectivity index is 0.00000576. The topological polar surface area (TPSA) is 101 Å². The third-order valence-corrected chi connectivity index (χ3v) is 5.18. The number of nitrogens with one attached hydrogen (secondary N) is 2. The maximum absolute atomic E-state index is 12.5. The van der Waals surface area contributed by atoms with E-state index in [2.05, 4.69) is 23.9 Å². The Morgan fingerprint density at radius 2 is 1.84 bits per heavy atom. The van der Waals surface area contributed by atoms with Crippen LogP contribution in [0.25, 0.3) is 0 Å². The van der Waals surface area contributed by atoms with Gasteiger partial charge in [-0.25, -0.2) is 13.1 Å². The third kappa shape index (κ3) is 7.32. The van der Waals surface area contributed by atoms with E-state index in [1.165, 1.54) is 12.1 Å². The van der Waals surface area contributed by atoms with Crippen molar-refractivity contribution >= 4 is 28.3 Å². The van der Waals surface area contributed by atoms with Crippen molar-refractivity contribution in [3.63, 3.8) is 0 Å². The summed E-state index contributed by atoms with van der Waals surface area (Å²) < 4.78 is 27.0. The molecule has 1 amide bonds. The Labute approximate surface area is 157 Å². The van der Waals surface area contributed by atoms with Gasteiger partial charge in [-0.15, -0.1) is 12.4 Å². The second-order valence-corrected chi connectivity index (χ2v) is 8.83. The van der Waals surface area contributed by atoms with E-state index in [0.717, 1.165) is 6.42 Å². The number of nitrogens with two attached hydrogens (primary N) is 1. The lowest BCUT2D eigenvalue weighted by atomic mass is 9.90. The fourth-order valence-electron chi connectivity index (χ4n) is 2.62. The van der Waals surface area contributed by atoms with Gasteiger partial charge in [0.25, 0.3) is 5.91 Å². The highest BCUT2D eigenvalue weighted by Crippen LogP contribution is 2.17. The second-order valence-electron chi connectivity index (χ2n) is 7.12. The smallest absolute Gasteiger partial charge is 0.251 e. The van der Waals surface area contributed by atoms with Crippen LogP contribution < -0.4 is 15.8 Å². The van der Waals surface area contributed by atoms with Crippen molar-refractivity contribution in [1.29, 1.82) is 0 Å². The summed E-state index contributed by atoms with van der Waals surface area (Å²) >= 11 is 0. The van der Waals surface area contributed by atoms with Gasteiger partial charge >= 0.3 is 0 Å². The first kappa shape index (κ1) is 23.9. The number of halogens is 1. The van der Waals surface area contributed by atoms with Crippen LogP contribution in [-0.2, 0) is 10.0 Å². The lowest BCUT2D eigenvalue weighted by Crippen LogP contribution is -2.52. The first-order valence-electron chi connectivity index (χ1n) is 8.14. The molecule has 0 aliphatic carbocycles. The van der Waals surface area contributed by atoms with E-state index >= 15 is 0 Å². The first-order chi connectivity index (χ1) is 11.0. The minimum absolute atomic E-state index is 0. The van der Waals surface area contributed by atoms with Gasteiger partial charge in [-0.05, 0) is 51.3 Å². The highest BCUT2D eigenvalue weighted by Gasteiger charge is 2.27. The number of rotatable bonds is 8. The standard InChI is InChI=1S/C17H29N3O3S.ClH/c1-12(2)10-17(5,11-18)19-16(21)14-7-6-8-15(9-14)24(22,23)20-13(3)4;/h6-9,12-13,20H,10-11,18H2,1-5H3,(H,19,21);1H. The highest BCUT2D eigenvalue weighted by molar-refractivity contribution is 7.89. The zero-order valence-corrected chi connectivity index (χ0v) is 17.1. The lowest BCUT2D eigenvalue weighted by Gasteiger charge is -2.31. The summed E-state index contributed by atoms with van der Waals surface area (Å²) in [5.41, 5.74) is 5.58. The van der Waals surface area contributed by atoms with Gasteiger partial charge in [-0.1, -0.05) is 19.9 Å². The molecule has 0 saturated heterocycles. The largest absolute Gasteiger partial charge is 0.346 e. The number of benzene rings is 1. The van der Waals surface area contributed by atoms with Gasteiger partial charge in [0.2, 0.25) is 10.0 Å². The summed E-state index contributed by atoms with van der Waals surface area (Å²) in [7, 11) is -3.64. The molecule has 1 aromatic rings. The number of sulfonamides is 1. The molecule has 8 heteroatoms. The molecule has 0 bridgehead atoms. The van der Waals surface area contributed by atoms with Crippen LogP contribution in [0.4, 0.5) is 0 Å². The van der Waals surface area contributed by atoms with Crippen molar-refractivity contribution in [2.24, 2.45) is 11.7 Å². The molecule has 1 aromatic carbocycles. The zero-order chi connectivity index (χ0) is 18.5. The maximum atomic E-state index is 12.5. The number of carbonyl (C=O) groups is 1. The van der Waals surface area contributed by atoms with Crippen LogP contribution in [-0.4, -0.2) is 32.5 Å². The van der Waals surface area contributed by atoms with Gasteiger partial charge in [-0.2, -0.15) is 0 Å². The molecule has 0 radical (unpaired) electrons. The van der Waals surface area contributed by atoms with Crippen LogP contribution in [0.3, 0.4) is 0 Å². The van der Waals surface area contributed by atoms with Gasteiger partial charge in [-0.3, -0.25) is 4.79 Å². The lowest BCUT2D eigenvalue weighted by molar-refractivity contribution is 0.0898. The van der Waals surface area contributed by atoms with Crippen LogP contribution in [0.15, 0.2) is 29.2 Å². The van der Waals surface area contributed by atoms with Crippen molar-refractivity contribution in [1.82, 2.24) is 10.0 Å². The predicted molar refractivity (Wildman–Crippen MR) is 104 cm³/mol. The Bertz CT molecular complexity index is 677. The fraction of sp³-hybridized carbons (Fsp3) is 0.588.